The highest BCUT2D eigenvalue weighted by Crippen LogP contribution is 2.38. The van der Waals surface area contributed by atoms with Crippen LogP contribution in [0.1, 0.15) is 39.9 Å². The molecule has 2 N–H and O–H groups in total. The second kappa shape index (κ2) is 10.2. The number of aromatic carboxylic acids is 1. The van der Waals surface area contributed by atoms with Gasteiger partial charge in [-0.2, -0.15) is 0 Å². The molecule has 0 saturated carbocycles. The van der Waals surface area contributed by atoms with Crippen molar-refractivity contribution in [3.63, 3.8) is 0 Å². The largest absolute Gasteiger partial charge is 0.478 e. The lowest BCUT2D eigenvalue weighted by Crippen LogP contribution is -2.18. The van der Waals surface area contributed by atoms with Crippen LogP contribution < -0.4 is 5.32 Å². The van der Waals surface area contributed by atoms with Crippen molar-refractivity contribution in [1.29, 1.82) is 0 Å². The Bertz CT molecular complexity index is 1110. The van der Waals surface area contributed by atoms with Gasteiger partial charge in [0.1, 0.15) is 0 Å². The molecule has 5 heteroatoms. The minimum Gasteiger partial charge on any atom is -0.478 e. The Kier molecular flexibility index (Phi) is 7.12. The fourth-order valence-electron chi connectivity index (χ4n) is 3.48. The first kappa shape index (κ1) is 21.7. The normalized spacial score (nSPS) is 12.9. The van der Waals surface area contributed by atoms with E-state index in [-0.39, 0.29) is 11.8 Å². The Morgan fingerprint density at radius 2 is 1.45 bits per heavy atom. The van der Waals surface area contributed by atoms with Crippen LogP contribution in [-0.2, 0) is 16.0 Å². The van der Waals surface area contributed by atoms with Crippen LogP contribution in [0, 0.1) is 0 Å². The molecule has 1 fully saturated rings. The van der Waals surface area contributed by atoms with Gasteiger partial charge in [-0.1, -0.05) is 73.3 Å². The van der Waals surface area contributed by atoms with Crippen molar-refractivity contribution in [2.75, 3.05) is 0 Å². The number of imide groups is 1. The van der Waals surface area contributed by atoms with E-state index in [0.717, 1.165) is 6.42 Å². The molecule has 0 bridgehead atoms. The molecular weight excluding hydrogens is 390 g/mol. The molecule has 5 nitrogen and oxygen atoms in total. The molecule has 2 aliphatic rings. The molecule has 3 aromatic rings. The van der Waals surface area contributed by atoms with Gasteiger partial charge >= 0.3 is 5.97 Å². The molecule has 1 saturated heterocycles. The maximum Gasteiger partial charge on any atom is 0.335 e. The SMILES string of the molecule is C=Cc1cccc2c1-c1ccccc1C2.O=C(O)c1ccccc1.O=C1CCC(=O)N1. The second-order valence-corrected chi connectivity index (χ2v) is 7.06. The summed E-state index contributed by atoms with van der Waals surface area (Å²) >= 11 is 0. The van der Waals surface area contributed by atoms with Crippen LogP contribution in [0.4, 0.5) is 0 Å². The van der Waals surface area contributed by atoms with Crippen LogP contribution in [0.2, 0.25) is 0 Å². The van der Waals surface area contributed by atoms with Gasteiger partial charge in [0.15, 0.2) is 0 Å². The summed E-state index contributed by atoms with van der Waals surface area (Å²) in [4.78, 5) is 30.4. The van der Waals surface area contributed by atoms with Crippen molar-refractivity contribution >= 4 is 23.9 Å². The van der Waals surface area contributed by atoms with Gasteiger partial charge in [0, 0.05) is 12.8 Å². The van der Waals surface area contributed by atoms with Crippen LogP contribution in [0.5, 0.6) is 0 Å². The zero-order chi connectivity index (χ0) is 22.2. The maximum absolute atomic E-state index is 10.2. The van der Waals surface area contributed by atoms with Crippen LogP contribution in [0.3, 0.4) is 0 Å². The Morgan fingerprint density at radius 3 is 2.00 bits per heavy atom. The number of carbonyl (C=O) groups is 3. The first-order valence-electron chi connectivity index (χ1n) is 9.93. The fraction of sp³-hybridized carbons (Fsp3) is 0.115. The molecule has 156 valence electrons. The quantitative estimate of drug-likeness (QED) is 0.466. The summed E-state index contributed by atoms with van der Waals surface area (Å²) in [6.45, 7) is 3.88. The predicted molar refractivity (Wildman–Crippen MR) is 121 cm³/mol. The van der Waals surface area contributed by atoms with E-state index >= 15 is 0 Å². The van der Waals surface area contributed by atoms with E-state index < -0.39 is 5.97 Å². The van der Waals surface area contributed by atoms with E-state index in [1.807, 2.05) is 6.08 Å². The number of amides is 2. The molecule has 0 radical (unpaired) electrons. The third kappa shape index (κ3) is 5.54. The van der Waals surface area contributed by atoms with Crippen LogP contribution >= 0.6 is 0 Å². The number of fused-ring (bicyclic) bond motifs is 3. The Balaban J connectivity index is 0.000000145. The summed E-state index contributed by atoms with van der Waals surface area (Å²) in [5.41, 5.74) is 7.19. The summed E-state index contributed by atoms with van der Waals surface area (Å²) in [7, 11) is 0. The number of benzene rings is 3. The Morgan fingerprint density at radius 1 is 0.839 bits per heavy atom. The van der Waals surface area contributed by atoms with E-state index in [1.54, 1.807) is 30.3 Å². The number of carboxylic acids is 1. The number of nitrogens with one attached hydrogen (secondary N) is 1. The summed E-state index contributed by atoms with van der Waals surface area (Å²) in [5, 5.41) is 10.5. The van der Waals surface area contributed by atoms with Crippen molar-refractivity contribution < 1.29 is 19.5 Å². The van der Waals surface area contributed by atoms with Crippen LogP contribution in [-0.4, -0.2) is 22.9 Å². The molecule has 0 spiro atoms. The molecule has 0 atom stereocenters. The highest BCUT2D eigenvalue weighted by Gasteiger charge is 2.19. The van der Waals surface area contributed by atoms with Gasteiger partial charge < -0.3 is 5.11 Å². The topological polar surface area (TPSA) is 83.5 Å². The average molecular weight is 413 g/mol. The highest BCUT2D eigenvalue weighted by atomic mass is 16.4. The standard InChI is InChI=1S/C15H12.C7H6O2.C4H5NO2/c1-2-11-7-5-8-13-10-12-6-3-4-9-14(12)15(11)13;8-7(9)6-4-2-1-3-5-6;6-3-1-2-4(7)5-3/h2-9H,1,10H2;1-5H,(H,8,9);1-2H2,(H,5,6,7). The first-order valence-corrected chi connectivity index (χ1v) is 9.93. The van der Waals surface area contributed by atoms with Gasteiger partial charge in [0.2, 0.25) is 11.8 Å². The van der Waals surface area contributed by atoms with Crippen LogP contribution in [0.25, 0.3) is 17.2 Å². The monoisotopic (exact) mass is 413 g/mol. The van der Waals surface area contributed by atoms with E-state index in [9.17, 15) is 14.4 Å². The summed E-state index contributed by atoms with van der Waals surface area (Å²) < 4.78 is 0. The van der Waals surface area contributed by atoms with Gasteiger partial charge in [-0.05, 0) is 46.4 Å². The molecule has 31 heavy (non-hydrogen) atoms. The number of rotatable bonds is 2. The molecule has 1 heterocycles. The predicted octanol–water partition coefficient (Wildman–Crippen LogP) is 4.71. The first-order chi connectivity index (χ1) is 15.0. The molecule has 0 aromatic heterocycles. The maximum atomic E-state index is 10.2. The van der Waals surface area contributed by atoms with Crippen molar-refractivity contribution in [3.05, 3.63) is 102 Å². The van der Waals surface area contributed by atoms with E-state index in [1.165, 1.54) is 27.8 Å². The Labute approximate surface area is 181 Å². The van der Waals surface area contributed by atoms with Gasteiger partial charge in [0.25, 0.3) is 0 Å². The second-order valence-electron chi connectivity index (χ2n) is 7.06. The van der Waals surface area contributed by atoms with Gasteiger partial charge in [-0.25, -0.2) is 4.79 Å². The van der Waals surface area contributed by atoms with E-state index in [0.29, 0.717) is 18.4 Å². The lowest BCUT2D eigenvalue weighted by atomic mass is 10.00. The van der Waals surface area contributed by atoms with E-state index in [4.69, 9.17) is 5.11 Å². The Hall–Kier alpha value is -3.99. The van der Waals surface area contributed by atoms with Gasteiger partial charge in [-0.15, -0.1) is 0 Å². The molecule has 1 aliphatic heterocycles. The van der Waals surface area contributed by atoms with Gasteiger partial charge in [0.05, 0.1) is 5.56 Å². The minimum absolute atomic E-state index is 0.148. The molecular formula is C26H23NO4. The molecule has 3 aromatic carbocycles. The third-order valence-electron chi connectivity index (χ3n) is 4.95. The number of carboxylic acid groups (broad SMARTS) is 1. The van der Waals surface area contributed by atoms with E-state index in [2.05, 4.69) is 54.4 Å². The van der Waals surface area contributed by atoms with Crippen LogP contribution in [0.15, 0.2) is 79.4 Å². The minimum atomic E-state index is -0.879. The number of hydrogen-bond donors (Lipinski definition) is 2. The van der Waals surface area contributed by atoms with Gasteiger partial charge in [-0.3, -0.25) is 14.9 Å². The lowest BCUT2D eigenvalue weighted by Gasteiger charge is -2.04. The number of carbonyl (C=O) groups excluding carboxylic acids is 2. The molecule has 2 amide bonds. The smallest absolute Gasteiger partial charge is 0.335 e. The number of hydrogen-bond acceptors (Lipinski definition) is 3. The zero-order valence-corrected chi connectivity index (χ0v) is 17.0. The van der Waals surface area contributed by atoms with Crippen molar-refractivity contribution in [2.24, 2.45) is 0 Å². The third-order valence-corrected chi connectivity index (χ3v) is 4.95. The summed E-state index contributed by atoms with van der Waals surface area (Å²) in [5.74, 6) is -1.18. The summed E-state index contributed by atoms with van der Waals surface area (Å²) in [6.07, 6.45) is 3.76. The molecule has 5 rings (SSSR count). The molecule has 0 unspecified atom stereocenters. The van der Waals surface area contributed by atoms with Crippen molar-refractivity contribution in [3.8, 4) is 11.1 Å². The zero-order valence-electron chi connectivity index (χ0n) is 17.0. The lowest BCUT2D eigenvalue weighted by molar-refractivity contribution is -0.124. The van der Waals surface area contributed by atoms with Crippen molar-refractivity contribution in [2.45, 2.75) is 19.3 Å². The average Bonchev–Trinajstić information content (AvgIpc) is 3.37. The summed E-state index contributed by atoms with van der Waals surface area (Å²) in [6, 6.07) is 23.4. The molecule has 1 aliphatic carbocycles. The fourth-order valence-corrected chi connectivity index (χ4v) is 3.48. The van der Waals surface area contributed by atoms with Crippen molar-refractivity contribution in [1.82, 2.24) is 5.32 Å². The highest BCUT2D eigenvalue weighted by molar-refractivity contribution is 6.01.